The van der Waals surface area contributed by atoms with Gasteiger partial charge in [-0.1, -0.05) is 53.7 Å². The van der Waals surface area contributed by atoms with Crippen LogP contribution in [0.15, 0.2) is 47.6 Å². The van der Waals surface area contributed by atoms with Crippen molar-refractivity contribution in [3.05, 3.63) is 64.7 Å². The third-order valence-electron chi connectivity index (χ3n) is 4.40. The molecule has 0 heterocycles. The van der Waals surface area contributed by atoms with Crippen molar-refractivity contribution in [2.45, 2.75) is 52.4 Å². The van der Waals surface area contributed by atoms with Crippen molar-refractivity contribution in [3.63, 3.8) is 0 Å². The molecule has 4 nitrogen and oxygen atoms in total. The van der Waals surface area contributed by atoms with Gasteiger partial charge in [-0.05, 0) is 57.9 Å². The largest absolute Gasteiger partial charge is 0.497 e. The molecule has 0 radical (unpaired) electrons. The molecule has 2 rings (SSSR count). The SMILES string of the molecule is COc1cccc(C(=O)N/N=C\c2cc(C(C)(C)C)cc(C(C)(C)C)c2)c1. The van der Waals surface area contributed by atoms with Gasteiger partial charge in [-0.15, -0.1) is 0 Å². The number of hydrogen-bond acceptors (Lipinski definition) is 3. The van der Waals surface area contributed by atoms with Crippen molar-refractivity contribution < 1.29 is 9.53 Å². The number of methoxy groups -OCH3 is 1. The lowest BCUT2D eigenvalue weighted by molar-refractivity contribution is 0.0955. The van der Waals surface area contributed by atoms with E-state index in [1.165, 1.54) is 11.1 Å². The Balaban J connectivity index is 2.24. The van der Waals surface area contributed by atoms with Crippen LogP contribution in [0.1, 0.15) is 68.6 Å². The molecule has 0 bridgehead atoms. The van der Waals surface area contributed by atoms with Crippen LogP contribution >= 0.6 is 0 Å². The van der Waals surface area contributed by atoms with Crippen LogP contribution in [0.4, 0.5) is 0 Å². The first-order valence-corrected chi connectivity index (χ1v) is 9.14. The molecule has 0 unspecified atom stereocenters. The van der Waals surface area contributed by atoms with Gasteiger partial charge < -0.3 is 4.74 Å². The number of rotatable bonds is 4. The Hall–Kier alpha value is -2.62. The average molecular weight is 367 g/mol. The van der Waals surface area contributed by atoms with Crippen molar-refractivity contribution in [1.82, 2.24) is 5.43 Å². The molecule has 0 saturated heterocycles. The second-order valence-corrected chi connectivity index (χ2v) is 8.77. The van der Waals surface area contributed by atoms with Crippen LogP contribution in [0.2, 0.25) is 0 Å². The van der Waals surface area contributed by atoms with E-state index in [0.29, 0.717) is 11.3 Å². The highest BCUT2D eigenvalue weighted by atomic mass is 16.5. The Morgan fingerprint density at radius 1 is 0.963 bits per heavy atom. The highest BCUT2D eigenvalue weighted by molar-refractivity contribution is 5.95. The molecule has 144 valence electrons. The van der Waals surface area contributed by atoms with Crippen LogP contribution in [0.5, 0.6) is 5.75 Å². The molecule has 0 fully saturated rings. The summed E-state index contributed by atoms with van der Waals surface area (Å²) in [6.07, 6.45) is 1.70. The first-order chi connectivity index (χ1) is 12.5. The molecule has 2 aromatic rings. The van der Waals surface area contributed by atoms with Crippen LogP contribution in [0.25, 0.3) is 0 Å². The van der Waals surface area contributed by atoms with Crippen LogP contribution in [-0.2, 0) is 10.8 Å². The minimum Gasteiger partial charge on any atom is -0.497 e. The summed E-state index contributed by atoms with van der Waals surface area (Å²) in [6, 6.07) is 13.5. The average Bonchev–Trinajstić information content (AvgIpc) is 2.60. The monoisotopic (exact) mass is 366 g/mol. The van der Waals surface area contributed by atoms with Gasteiger partial charge in [0.15, 0.2) is 0 Å². The Morgan fingerprint density at radius 2 is 1.56 bits per heavy atom. The Kier molecular flexibility index (Phi) is 6.09. The molecule has 0 aliphatic carbocycles. The van der Waals surface area contributed by atoms with Gasteiger partial charge in [-0.2, -0.15) is 5.10 Å². The van der Waals surface area contributed by atoms with Gasteiger partial charge in [0, 0.05) is 5.56 Å². The minimum absolute atomic E-state index is 0.0354. The van der Waals surface area contributed by atoms with E-state index in [0.717, 1.165) is 5.56 Å². The summed E-state index contributed by atoms with van der Waals surface area (Å²) in [6.45, 7) is 13.2. The summed E-state index contributed by atoms with van der Waals surface area (Å²) in [5.41, 5.74) is 6.63. The highest BCUT2D eigenvalue weighted by Crippen LogP contribution is 2.29. The zero-order valence-electron chi connectivity index (χ0n) is 17.4. The van der Waals surface area contributed by atoms with Crippen molar-refractivity contribution >= 4 is 12.1 Å². The van der Waals surface area contributed by atoms with Gasteiger partial charge in [0.05, 0.1) is 13.3 Å². The molecule has 0 atom stereocenters. The molecular weight excluding hydrogens is 336 g/mol. The molecule has 27 heavy (non-hydrogen) atoms. The van der Waals surface area contributed by atoms with Gasteiger partial charge in [-0.3, -0.25) is 4.79 Å². The van der Waals surface area contributed by atoms with Gasteiger partial charge in [-0.25, -0.2) is 5.43 Å². The van der Waals surface area contributed by atoms with E-state index < -0.39 is 0 Å². The third kappa shape index (κ3) is 5.68. The van der Waals surface area contributed by atoms with Gasteiger partial charge in [0.25, 0.3) is 5.91 Å². The Labute approximate surface area is 162 Å². The summed E-state index contributed by atoms with van der Waals surface area (Å²) in [4.78, 5) is 12.3. The number of benzene rings is 2. The van der Waals surface area contributed by atoms with Crippen LogP contribution in [-0.4, -0.2) is 19.2 Å². The summed E-state index contributed by atoms with van der Waals surface area (Å²) in [7, 11) is 1.57. The van der Waals surface area contributed by atoms with Gasteiger partial charge in [0.1, 0.15) is 5.75 Å². The second kappa shape index (κ2) is 7.95. The van der Waals surface area contributed by atoms with E-state index >= 15 is 0 Å². The Bertz CT molecular complexity index is 808. The second-order valence-electron chi connectivity index (χ2n) is 8.77. The van der Waals surface area contributed by atoms with Gasteiger partial charge in [0.2, 0.25) is 0 Å². The maximum absolute atomic E-state index is 12.3. The maximum Gasteiger partial charge on any atom is 0.271 e. The highest BCUT2D eigenvalue weighted by Gasteiger charge is 2.20. The topological polar surface area (TPSA) is 50.7 Å². The molecule has 0 aliphatic rings. The zero-order valence-corrected chi connectivity index (χ0v) is 17.4. The number of nitrogens with zero attached hydrogens (tertiary/aromatic N) is 1. The molecule has 1 N–H and O–H groups in total. The van der Waals surface area contributed by atoms with E-state index in [1.807, 2.05) is 0 Å². The molecule has 4 heteroatoms. The number of ether oxygens (including phenoxy) is 1. The normalized spacial score (nSPS) is 12.3. The van der Waals surface area contributed by atoms with E-state index in [9.17, 15) is 4.79 Å². The van der Waals surface area contributed by atoms with E-state index in [-0.39, 0.29) is 16.7 Å². The lowest BCUT2D eigenvalue weighted by atomic mass is 9.80. The fourth-order valence-electron chi connectivity index (χ4n) is 2.59. The van der Waals surface area contributed by atoms with E-state index in [1.54, 1.807) is 37.6 Å². The van der Waals surface area contributed by atoms with Crippen LogP contribution in [0, 0.1) is 0 Å². The van der Waals surface area contributed by atoms with Crippen molar-refractivity contribution in [2.24, 2.45) is 5.10 Å². The quantitative estimate of drug-likeness (QED) is 0.608. The maximum atomic E-state index is 12.3. The van der Waals surface area contributed by atoms with Crippen molar-refractivity contribution in [3.8, 4) is 5.75 Å². The predicted octanol–water partition coefficient (Wildman–Crippen LogP) is 5.05. The molecular formula is C23H30N2O2. The molecule has 2 aromatic carbocycles. The first-order valence-electron chi connectivity index (χ1n) is 9.14. The smallest absolute Gasteiger partial charge is 0.271 e. The Morgan fingerprint density at radius 3 is 2.07 bits per heavy atom. The molecule has 0 spiro atoms. The number of nitrogens with one attached hydrogen (secondary N) is 1. The summed E-state index contributed by atoms with van der Waals surface area (Å²) in [5.74, 6) is 0.368. The molecule has 0 saturated carbocycles. The van der Waals surface area contributed by atoms with Gasteiger partial charge >= 0.3 is 0 Å². The minimum atomic E-state index is -0.270. The number of amides is 1. The predicted molar refractivity (Wildman–Crippen MR) is 112 cm³/mol. The molecule has 1 amide bonds. The zero-order chi connectivity index (χ0) is 20.2. The van der Waals surface area contributed by atoms with Crippen LogP contribution in [0.3, 0.4) is 0 Å². The lowest BCUT2D eigenvalue weighted by Crippen LogP contribution is -2.18. The number of carbonyl (C=O) groups excluding carboxylic acids is 1. The van der Waals surface area contributed by atoms with Crippen LogP contribution < -0.4 is 10.2 Å². The van der Waals surface area contributed by atoms with E-state index in [4.69, 9.17) is 4.74 Å². The molecule has 0 aliphatic heterocycles. The number of hydrazone groups is 1. The first kappa shape index (κ1) is 20.7. The lowest BCUT2D eigenvalue weighted by Gasteiger charge is -2.25. The fraction of sp³-hybridized carbons (Fsp3) is 0.391. The number of carbonyl (C=O) groups is 1. The van der Waals surface area contributed by atoms with Crippen molar-refractivity contribution in [1.29, 1.82) is 0 Å². The number of hydrogen-bond donors (Lipinski definition) is 1. The summed E-state index contributed by atoms with van der Waals surface area (Å²) < 4.78 is 5.15. The summed E-state index contributed by atoms with van der Waals surface area (Å²) in [5, 5.41) is 4.15. The fourth-order valence-corrected chi connectivity index (χ4v) is 2.59. The van der Waals surface area contributed by atoms with Crippen molar-refractivity contribution in [2.75, 3.05) is 7.11 Å². The molecule has 0 aromatic heterocycles. The van der Waals surface area contributed by atoms with E-state index in [2.05, 4.69) is 70.3 Å². The summed E-state index contributed by atoms with van der Waals surface area (Å²) >= 11 is 0. The third-order valence-corrected chi connectivity index (χ3v) is 4.40. The standard InChI is InChI=1S/C23H30N2O2/c1-22(2,3)18-11-16(12-19(14-18)23(4,5)6)15-24-25-21(26)17-9-8-10-20(13-17)27-7/h8-15H,1-7H3,(H,25,26)/b24-15-.